The second-order valence-corrected chi connectivity index (χ2v) is 4.97. The summed E-state index contributed by atoms with van der Waals surface area (Å²) in [5.41, 5.74) is 1.35. The Bertz CT molecular complexity index is 354. The highest BCUT2D eigenvalue weighted by Crippen LogP contribution is 2.28. The molecule has 1 N–H and O–H groups in total. The van der Waals surface area contributed by atoms with E-state index in [0.29, 0.717) is 11.8 Å². The smallest absolute Gasteiger partial charge is 0.119 e. The summed E-state index contributed by atoms with van der Waals surface area (Å²) in [6.45, 7) is 7.18. The molecule has 0 heterocycles. The van der Waals surface area contributed by atoms with Crippen LogP contribution in [0.15, 0.2) is 24.3 Å². The lowest BCUT2D eigenvalue weighted by atomic mass is 9.85. The van der Waals surface area contributed by atoms with Gasteiger partial charge in [-0.2, -0.15) is 0 Å². The second kappa shape index (κ2) is 8.94. The van der Waals surface area contributed by atoms with Crippen molar-refractivity contribution in [2.45, 2.75) is 26.2 Å². The molecule has 0 radical (unpaired) electrons. The van der Waals surface area contributed by atoms with Gasteiger partial charge >= 0.3 is 0 Å². The zero-order chi connectivity index (χ0) is 14.1. The van der Waals surface area contributed by atoms with Crippen LogP contribution in [0.5, 0.6) is 5.75 Å². The Morgan fingerprint density at radius 1 is 1.26 bits per heavy atom. The minimum Gasteiger partial charge on any atom is -0.497 e. The highest BCUT2D eigenvalue weighted by atomic mass is 16.5. The maximum Gasteiger partial charge on any atom is 0.119 e. The van der Waals surface area contributed by atoms with Gasteiger partial charge in [-0.1, -0.05) is 32.4 Å². The summed E-state index contributed by atoms with van der Waals surface area (Å²) in [6, 6.07) is 8.40. The fraction of sp³-hybridized carbons (Fsp3) is 0.625. The Balaban J connectivity index is 2.71. The molecule has 108 valence electrons. The SMILES string of the molecule is CCC(C)C(CNCCOC)c1cccc(OC)c1. The Kier molecular flexibility index (Phi) is 7.53. The third-order valence-electron chi connectivity index (χ3n) is 3.70. The molecule has 0 fully saturated rings. The molecule has 19 heavy (non-hydrogen) atoms. The minimum absolute atomic E-state index is 0.511. The summed E-state index contributed by atoms with van der Waals surface area (Å²) >= 11 is 0. The van der Waals surface area contributed by atoms with Crippen molar-refractivity contribution in [2.75, 3.05) is 33.9 Å². The van der Waals surface area contributed by atoms with E-state index in [0.717, 1.165) is 25.4 Å². The van der Waals surface area contributed by atoms with Crippen LogP contribution < -0.4 is 10.1 Å². The second-order valence-electron chi connectivity index (χ2n) is 4.97. The van der Waals surface area contributed by atoms with Crippen molar-refractivity contribution >= 4 is 0 Å². The summed E-state index contributed by atoms with van der Waals surface area (Å²) in [4.78, 5) is 0. The van der Waals surface area contributed by atoms with E-state index in [1.54, 1.807) is 14.2 Å². The van der Waals surface area contributed by atoms with Crippen molar-refractivity contribution in [3.63, 3.8) is 0 Å². The van der Waals surface area contributed by atoms with Crippen LogP contribution in [0.4, 0.5) is 0 Å². The normalized spacial score (nSPS) is 14.1. The first-order valence-corrected chi connectivity index (χ1v) is 7.06. The molecule has 0 aliphatic heterocycles. The highest BCUT2D eigenvalue weighted by Gasteiger charge is 2.18. The van der Waals surface area contributed by atoms with Crippen LogP contribution >= 0.6 is 0 Å². The lowest BCUT2D eigenvalue weighted by molar-refractivity contribution is 0.198. The Labute approximate surface area is 117 Å². The molecular formula is C16H27NO2. The molecule has 1 rings (SSSR count). The summed E-state index contributed by atoms with van der Waals surface area (Å²) in [6.07, 6.45) is 1.17. The third kappa shape index (κ3) is 5.21. The zero-order valence-electron chi connectivity index (χ0n) is 12.6. The van der Waals surface area contributed by atoms with E-state index in [9.17, 15) is 0 Å². The van der Waals surface area contributed by atoms with Crippen LogP contribution in [0.25, 0.3) is 0 Å². The van der Waals surface area contributed by atoms with E-state index in [1.807, 2.05) is 6.07 Å². The Morgan fingerprint density at radius 2 is 2.05 bits per heavy atom. The molecule has 1 aromatic rings. The van der Waals surface area contributed by atoms with E-state index in [1.165, 1.54) is 12.0 Å². The molecule has 0 saturated heterocycles. The standard InChI is InChI=1S/C16H27NO2/c1-5-13(2)16(12-17-9-10-18-3)14-7-6-8-15(11-14)19-4/h6-8,11,13,16-17H,5,9-10,12H2,1-4H3. The summed E-state index contributed by atoms with van der Waals surface area (Å²) in [5.74, 6) is 2.09. The molecule has 3 heteroatoms. The van der Waals surface area contributed by atoms with Crippen LogP contribution in [-0.4, -0.2) is 33.9 Å². The number of rotatable bonds is 9. The number of benzene rings is 1. The first-order chi connectivity index (χ1) is 9.22. The quantitative estimate of drug-likeness (QED) is 0.696. The maximum absolute atomic E-state index is 5.32. The van der Waals surface area contributed by atoms with Gasteiger partial charge in [-0.05, 0) is 29.5 Å². The molecule has 0 spiro atoms. The predicted octanol–water partition coefficient (Wildman–Crippen LogP) is 3.06. The zero-order valence-corrected chi connectivity index (χ0v) is 12.6. The van der Waals surface area contributed by atoms with Crippen molar-refractivity contribution < 1.29 is 9.47 Å². The van der Waals surface area contributed by atoms with Gasteiger partial charge in [0, 0.05) is 20.2 Å². The summed E-state index contributed by atoms with van der Waals surface area (Å²) in [5, 5.41) is 3.47. The van der Waals surface area contributed by atoms with Gasteiger partial charge in [-0.15, -0.1) is 0 Å². The molecule has 2 unspecified atom stereocenters. The van der Waals surface area contributed by atoms with Crippen molar-refractivity contribution in [2.24, 2.45) is 5.92 Å². The van der Waals surface area contributed by atoms with E-state index < -0.39 is 0 Å². The number of methoxy groups -OCH3 is 2. The fourth-order valence-electron chi connectivity index (χ4n) is 2.24. The third-order valence-corrected chi connectivity index (χ3v) is 3.70. The largest absolute Gasteiger partial charge is 0.497 e. The highest BCUT2D eigenvalue weighted by molar-refractivity contribution is 5.31. The lowest BCUT2D eigenvalue weighted by Crippen LogP contribution is -2.28. The van der Waals surface area contributed by atoms with E-state index in [-0.39, 0.29) is 0 Å². The van der Waals surface area contributed by atoms with Gasteiger partial charge in [0.1, 0.15) is 5.75 Å². The average molecular weight is 265 g/mol. The number of nitrogens with one attached hydrogen (secondary N) is 1. The molecule has 0 bridgehead atoms. The molecule has 1 aromatic carbocycles. The fourth-order valence-corrected chi connectivity index (χ4v) is 2.24. The molecule has 0 aliphatic carbocycles. The summed E-state index contributed by atoms with van der Waals surface area (Å²) < 4.78 is 10.4. The van der Waals surface area contributed by atoms with Crippen molar-refractivity contribution in [3.05, 3.63) is 29.8 Å². The lowest BCUT2D eigenvalue weighted by Gasteiger charge is -2.24. The monoisotopic (exact) mass is 265 g/mol. The van der Waals surface area contributed by atoms with Crippen LogP contribution in [0, 0.1) is 5.92 Å². The van der Waals surface area contributed by atoms with Gasteiger partial charge in [-0.3, -0.25) is 0 Å². The number of hydrogen-bond donors (Lipinski definition) is 1. The predicted molar refractivity (Wildman–Crippen MR) is 79.9 cm³/mol. The first kappa shape index (κ1) is 16.0. The molecular weight excluding hydrogens is 238 g/mol. The molecule has 0 amide bonds. The van der Waals surface area contributed by atoms with Crippen LogP contribution in [0.1, 0.15) is 31.7 Å². The van der Waals surface area contributed by atoms with Crippen LogP contribution in [0.3, 0.4) is 0 Å². The van der Waals surface area contributed by atoms with Crippen molar-refractivity contribution in [3.8, 4) is 5.75 Å². The summed E-state index contributed by atoms with van der Waals surface area (Å²) in [7, 11) is 3.45. The molecule has 0 aromatic heterocycles. The van der Waals surface area contributed by atoms with Gasteiger partial charge in [0.2, 0.25) is 0 Å². The molecule has 0 aliphatic rings. The van der Waals surface area contributed by atoms with Gasteiger partial charge in [0.25, 0.3) is 0 Å². The molecule has 2 atom stereocenters. The Hall–Kier alpha value is -1.06. The van der Waals surface area contributed by atoms with Crippen LogP contribution in [0.2, 0.25) is 0 Å². The van der Waals surface area contributed by atoms with E-state index in [4.69, 9.17) is 9.47 Å². The van der Waals surface area contributed by atoms with Gasteiger partial charge < -0.3 is 14.8 Å². The maximum atomic E-state index is 5.32. The van der Waals surface area contributed by atoms with E-state index in [2.05, 4.69) is 37.4 Å². The van der Waals surface area contributed by atoms with Gasteiger partial charge in [0.15, 0.2) is 0 Å². The van der Waals surface area contributed by atoms with Crippen molar-refractivity contribution in [1.29, 1.82) is 0 Å². The average Bonchev–Trinajstić information content (AvgIpc) is 2.46. The minimum atomic E-state index is 0.511. The topological polar surface area (TPSA) is 30.5 Å². The Morgan fingerprint density at radius 3 is 2.68 bits per heavy atom. The van der Waals surface area contributed by atoms with Crippen LogP contribution in [-0.2, 0) is 4.74 Å². The molecule has 3 nitrogen and oxygen atoms in total. The van der Waals surface area contributed by atoms with Gasteiger partial charge in [-0.25, -0.2) is 0 Å². The van der Waals surface area contributed by atoms with Gasteiger partial charge in [0.05, 0.1) is 13.7 Å². The van der Waals surface area contributed by atoms with E-state index >= 15 is 0 Å². The number of hydrogen-bond acceptors (Lipinski definition) is 3. The number of ether oxygens (including phenoxy) is 2. The van der Waals surface area contributed by atoms with Crippen molar-refractivity contribution in [1.82, 2.24) is 5.32 Å². The first-order valence-electron chi connectivity index (χ1n) is 7.06. The molecule has 0 saturated carbocycles.